The molecule has 0 spiro atoms. The average Bonchev–Trinajstić information content (AvgIpc) is 2.61. The maximum absolute atomic E-state index is 5.07. The smallest absolute Gasteiger partial charge is 0.150 e. The summed E-state index contributed by atoms with van der Waals surface area (Å²) in [5, 5.41) is 3.70. The van der Waals surface area contributed by atoms with E-state index in [1.54, 1.807) is 6.20 Å². The molecule has 1 aliphatic rings. The predicted molar refractivity (Wildman–Crippen MR) is 50.2 cm³/mol. The molecule has 0 bridgehead atoms. The van der Waals surface area contributed by atoms with Gasteiger partial charge in [-0.2, -0.15) is 0 Å². The quantitative estimate of drug-likeness (QED) is 0.696. The van der Waals surface area contributed by atoms with Crippen molar-refractivity contribution < 1.29 is 4.52 Å². The summed E-state index contributed by atoms with van der Waals surface area (Å²) in [6.45, 7) is 7.87. The van der Waals surface area contributed by atoms with Crippen molar-refractivity contribution in [2.24, 2.45) is 5.41 Å². The van der Waals surface area contributed by atoms with Crippen molar-refractivity contribution in [3.63, 3.8) is 0 Å². The standard InChI is InChI=1S/C10H16N2O/c1-10(2)4-6-12(8-10)7-9-3-5-11-13-9/h3,5H,4,6-8H2,1-2H3. The minimum absolute atomic E-state index is 0.472. The van der Waals surface area contributed by atoms with Crippen LogP contribution in [0.4, 0.5) is 0 Å². The summed E-state index contributed by atoms with van der Waals surface area (Å²) in [5.74, 6) is 0.970. The Morgan fingerprint density at radius 2 is 2.46 bits per heavy atom. The third kappa shape index (κ3) is 2.10. The van der Waals surface area contributed by atoms with E-state index >= 15 is 0 Å². The highest BCUT2D eigenvalue weighted by Gasteiger charge is 2.29. The molecule has 1 fully saturated rings. The van der Waals surface area contributed by atoms with E-state index in [1.165, 1.54) is 13.0 Å². The minimum atomic E-state index is 0.472. The van der Waals surface area contributed by atoms with E-state index < -0.39 is 0 Å². The molecule has 3 nitrogen and oxygen atoms in total. The Morgan fingerprint density at radius 1 is 1.62 bits per heavy atom. The van der Waals surface area contributed by atoms with Crippen LogP contribution in [0.2, 0.25) is 0 Å². The van der Waals surface area contributed by atoms with E-state index in [9.17, 15) is 0 Å². The van der Waals surface area contributed by atoms with Gasteiger partial charge in [0.15, 0.2) is 5.76 Å². The Balaban J connectivity index is 1.91. The molecule has 0 saturated carbocycles. The van der Waals surface area contributed by atoms with Crippen LogP contribution in [0.25, 0.3) is 0 Å². The van der Waals surface area contributed by atoms with E-state index in [0.717, 1.165) is 18.8 Å². The first kappa shape index (κ1) is 8.75. The lowest BCUT2D eigenvalue weighted by Gasteiger charge is -2.18. The highest BCUT2D eigenvalue weighted by Crippen LogP contribution is 2.29. The summed E-state index contributed by atoms with van der Waals surface area (Å²) in [6, 6.07) is 1.94. The molecule has 0 aliphatic carbocycles. The van der Waals surface area contributed by atoms with Crippen LogP contribution in [0.3, 0.4) is 0 Å². The van der Waals surface area contributed by atoms with Crippen molar-refractivity contribution in [2.45, 2.75) is 26.8 Å². The summed E-state index contributed by atoms with van der Waals surface area (Å²) in [6.07, 6.45) is 2.98. The van der Waals surface area contributed by atoms with E-state index in [-0.39, 0.29) is 0 Å². The van der Waals surface area contributed by atoms with E-state index in [2.05, 4.69) is 23.9 Å². The summed E-state index contributed by atoms with van der Waals surface area (Å²) in [5.41, 5.74) is 0.472. The highest BCUT2D eigenvalue weighted by molar-refractivity contribution is 4.94. The summed E-state index contributed by atoms with van der Waals surface area (Å²) < 4.78 is 5.07. The van der Waals surface area contributed by atoms with Crippen LogP contribution < -0.4 is 0 Å². The molecule has 2 rings (SSSR count). The average molecular weight is 180 g/mol. The molecule has 1 aromatic heterocycles. The molecule has 0 N–H and O–H groups in total. The molecule has 0 amide bonds. The number of rotatable bonds is 2. The molecule has 3 heteroatoms. The van der Waals surface area contributed by atoms with Gasteiger partial charge in [0.05, 0.1) is 12.7 Å². The van der Waals surface area contributed by atoms with E-state index in [0.29, 0.717) is 5.41 Å². The van der Waals surface area contributed by atoms with Crippen molar-refractivity contribution in [2.75, 3.05) is 13.1 Å². The lowest BCUT2D eigenvalue weighted by Crippen LogP contribution is -2.22. The fourth-order valence-electron chi connectivity index (χ4n) is 1.90. The molecule has 13 heavy (non-hydrogen) atoms. The van der Waals surface area contributed by atoms with Gasteiger partial charge in [0.2, 0.25) is 0 Å². The molecular formula is C10H16N2O. The van der Waals surface area contributed by atoms with E-state index in [1.807, 2.05) is 6.07 Å². The Kier molecular flexibility index (Phi) is 2.12. The van der Waals surface area contributed by atoms with Crippen molar-refractivity contribution in [1.29, 1.82) is 0 Å². The normalized spacial score (nSPS) is 22.3. The topological polar surface area (TPSA) is 29.3 Å². The number of nitrogens with zero attached hydrogens (tertiary/aromatic N) is 2. The lowest BCUT2D eigenvalue weighted by atomic mass is 9.93. The van der Waals surface area contributed by atoms with Gasteiger partial charge in [-0.1, -0.05) is 19.0 Å². The second kappa shape index (κ2) is 3.14. The van der Waals surface area contributed by atoms with Crippen molar-refractivity contribution >= 4 is 0 Å². The zero-order valence-electron chi connectivity index (χ0n) is 8.29. The van der Waals surface area contributed by atoms with Gasteiger partial charge >= 0.3 is 0 Å². The number of hydrogen-bond acceptors (Lipinski definition) is 3. The molecule has 0 radical (unpaired) electrons. The first-order valence-electron chi connectivity index (χ1n) is 4.78. The Bertz CT molecular complexity index is 266. The predicted octanol–water partition coefficient (Wildman–Crippen LogP) is 1.91. The van der Waals surface area contributed by atoms with Crippen LogP contribution in [0, 0.1) is 5.41 Å². The maximum Gasteiger partial charge on any atom is 0.150 e. The molecule has 72 valence electrons. The molecule has 0 aromatic carbocycles. The van der Waals surface area contributed by atoms with Gasteiger partial charge in [0, 0.05) is 12.6 Å². The van der Waals surface area contributed by atoms with Gasteiger partial charge in [-0.25, -0.2) is 0 Å². The Labute approximate surface area is 78.7 Å². The third-order valence-corrected chi connectivity index (χ3v) is 2.63. The van der Waals surface area contributed by atoms with Crippen molar-refractivity contribution in [1.82, 2.24) is 10.1 Å². The number of hydrogen-bond donors (Lipinski definition) is 0. The first-order valence-corrected chi connectivity index (χ1v) is 4.78. The Morgan fingerprint density at radius 3 is 3.00 bits per heavy atom. The summed E-state index contributed by atoms with van der Waals surface area (Å²) in [4.78, 5) is 2.42. The van der Waals surface area contributed by atoms with Gasteiger partial charge in [-0.15, -0.1) is 0 Å². The van der Waals surface area contributed by atoms with Gasteiger partial charge in [-0.3, -0.25) is 4.90 Å². The lowest BCUT2D eigenvalue weighted by molar-refractivity contribution is 0.249. The second-order valence-electron chi connectivity index (χ2n) is 4.60. The second-order valence-corrected chi connectivity index (χ2v) is 4.60. The molecule has 1 saturated heterocycles. The fraction of sp³-hybridized carbons (Fsp3) is 0.700. The van der Waals surface area contributed by atoms with Crippen LogP contribution in [0.5, 0.6) is 0 Å². The third-order valence-electron chi connectivity index (χ3n) is 2.63. The van der Waals surface area contributed by atoms with Gasteiger partial charge < -0.3 is 4.52 Å². The monoisotopic (exact) mass is 180 g/mol. The molecule has 0 unspecified atom stereocenters. The van der Waals surface area contributed by atoms with Crippen LogP contribution in [-0.2, 0) is 6.54 Å². The van der Waals surface area contributed by atoms with Crippen LogP contribution in [0.1, 0.15) is 26.0 Å². The van der Waals surface area contributed by atoms with Gasteiger partial charge in [0.25, 0.3) is 0 Å². The highest BCUT2D eigenvalue weighted by atomic mass is 16.5. The van der Waals surface area contributed by atoms with Gasteiger partial charge in [-0.05, 0) is 18.4 Å². The molecular weight excluding hydrogens is 164 g/mol. The summed E-state index contributed by atoms with van der Waals surface area (Å²) >= 11 is 0. The largest absolute Gasteiger partial charge is 0.360 e. The zero-order valence-corrected chi connectivity index (χ0v) is 8.29. The Hall–Kier alpha value is -0.830. The summed E-state index contributed by atoms with van der Waals surface area (Å²) in [7, 11) is 0. The minimum Gasteiger partial charge on any atom is -0.360 e. The zero-order chi connectivity index (χ0) is 9.31. The van der Waals surface area contributed by atoms with Crippen LogP contribution in [-0.4, -0.2) is 23.1 Å². The molecule has 1 aliphatic heterocycles. The van der Waals surface area contributed by atoms with Crippen molar-refractivity contribution in [3.05, 3.63) is 18.0 Å². The maximum atomic E-state index is 5.07. The first-order chi connectivity index (χ1) is 6.16. The molecule has 2 heterocycles. The van der Waals surface area contributed by atoms with Crippen molar-refractivity contribution in [3.8, 4) is 0 Å². The fourth-order valence-corrected chi connectivity index (χ4v) is 1.90. The van der Waals surface area contributed by atoms with Gasteiger partial charge in [0.1, 0.15) is 0 Å². The van der Waals surface area contributed by atoms with E-state index in [4.69, 9.17) is 4.52 Å². The molecule has 0 atom stereocenters. The molecule has 1 aromatic rings. The van der Waals surface area contributed by atoms with Crippen LogP contribution in [0.15, 0.2) is 16.8 Å². The number of likely N-dealkylation sites (tertiary alicyclic amines) is 1. The SMILES string of the molecule is CC1(C)CCN(Cc2ccno2)C1. The number of aromatic nitrogens is 1. The van der Waals surface area contributed by atoms with Crippen LogP contribution >= 0.6 is 0 Å².